The SMILES string of the molecule is CC(C)C[C@H](NC(=O)[C@H](CCCNC(=N)N)NC(=O)[C@H](Cc1ccc(O)cc1)NC(=O)[C@H](CCCCN)NC(=O)[C@H](CC(=O)O)NC(=O)[C@@H](NC(=O)[C@H](C)NC(=O)[C@@H](C)CO)[C@@H](C)O)C(N)=O. The second kappa shape index (κ2) is 29.8. The summed E-state index contributed by atoms with van der Waals surface area (Å²) >= 11 is 0. The Hall–Kier alpha value is -6.60. The van der Waals surface area contributed by atoms with Crippen LogP contribution < -0.4 is 59.7 Å². The summed E-state index contributed by atoms with van der Waals surface area (Å²) in [5.74, 6) is -10.4. The molecule has 1 aromatic rings. The minimum Gasteiger partial charge on any atom is -0.508 e. The molecule has 0 fully saturated rings. The van der Waals surface area contributed by atoms with Gasteiger partial charge in [0.2, 0.25) is 47.3 Å². The zero-order valence-electron chi connectivity index (χ0n) is 38.6. The summed E-state index contributed by atoms with van der Waals surface area (Å²) in [6, 6.07) is -4.71. The molecule has 1 aromatic carbocycles. The predicted octanol–water partition coefficient (Wildman–Crippen LogP) is -4.24. The number of carbonyl (C=O) groups excluding carboxylic acids is 8. The summed E-state index contributed by atoms with van der Waals surface area (Å²) in [6.07, 6.45) is -2.07. The molecule has 19 N–H and O–H groups in total. The van der Waals surface area contributed by atoms with Gasteiger partial charge >= 0.3 is 5.97 Å². The molecule has 25 heteroatoms. The Morgan fingerprint density at radius 1 is 0.642 bits per heavy atom. The summed E-state index contributed by atoms with van der Waals surface area (Å²) in [5, 5.41) is 66.2. The van der Waals surface area contributed by atoms with Gasteiger partial charge in [0, 0.05) is 13.0 Å². The molecule has 1 rings (SSSR count). The van der Waals surface area contributed by atoms with Crippen molar-refractivity contribution in [3.05, 3.63) is 29.8 Å². The second-order valence-corrected chi connectivity index (χ2v) is 16.6. The summed E-state index contributed by atoms with van der Waals surface area (Å²) in [5.41, 5.74) is 17.1. The molecule has 8 amide bonds. The largest absolute Gasteiger partial charge is 0.508 e. The van der Waals surface area contributed by atoms with E-state index in [1.807, 2.05) is 13.8 Å². The molecular formula is C42H70N12O13. The van der Waals surface area contributed by atoms with E-state index in [4.69, 9.17) is 22.6 Å². The molecule has 0 aliphatic carbocycles. The van der Waals surface area contributed by atoms with Gasteiger partial charge in [-0.15, -0.1) is 0 Å². The van der Waals surface area contributed by atoms with Gasteiger partial charge in [-0.05, 0) is 82.5 Å². The van der Waals surface area contributed by atoms with E-state index in [0.717, 1.165) is 6.92 Å². The van der Waals surface area contributed by atoms with Crippen LogP contribution >= 0.6 is 0 Å². The van der Waals surface area contributed by atoms with Crippen LogP contribution in [0.3, 0.4) is 0 Å². The lowest BCUT2D eigenvalue weighted by Crippen LogP contribution is -2.61. The third kappa shape index (κ3) is 22.4. The normalized spacial score (nSPS) is 15.1. The Bertz CT molecular complexity index is 1850. The first-order chi connectivity index (χ1) is 31.4. The molecule has 0 aliphatic heterocycles. The van der Waals surface area contributed by atoms with E-state index >= 15 is 0 Å². The third-order valence-corrected chi connectivity index (χ3v) is 10.1. The van der Waals surface area contributed by atoms with Gasteiger partial charge in [-0.3, -0.25) is 48.6 Å². The highest BCUT2D eigenvalue weighted by Gasteiger charge is 2.35. The van der Waals surface area contributed by atoms with Crippen molar-refractivity contribution < 1.29 is 63.6 Å². The molecule has 0 aliphatic rings. The zero-order chi connectivity index (χ0) is 51.0. The lowest BCUT2D eigenvalue weighted by Gasteiger charge is -2.28. The number of primary amides is 1. The Morgan fingerprint density at radius 3 is 1.64 bits per heavy atom. The summed E-state index contributed by atoms with van der Waals surface area (Å²) in [6.45, 7) is 7.21. The Kier molecular flexibility index (Phi) is 26.0. The molecule has 0 radical (unpaired) electrons. The molecule has 0 aromatic heterocycles. The maximum Gasteiger partial charge on any atom is 0.305 e. The first kappa shape index (κ1) is 58.4. The number of aliphatic hydroxyl groups is 2. The average Bonchev–Trinajstić information content (AvgIpc) is 3.24. The Labute approximate surface area is 388 Å². The van der Waals surface area contributed by atoms with E-state index in [1.165, 1.54) is 38.1 Å². The van der Waals surface area contributed by atoms with Crippen molar-refractivity contribution in [2.24, 2.45) is 29.0 Å². The number of carboxylic acids is 1. The van der Waals surface area contributed by atoms with Crippen LogP contribution in [-0.4, -0.2) is 148 Å². The van der Waals surface area contributed by atoms with Gasteiger partial charge < -0.3 is 80.2 Å². The highest BCUT2D eigenvalue weighted by atomic mass is 16.4. The number of guanidine groups is 1. The van der Waals surface area contributed by atoms with Gasteiger partial charge in [-0.25, -0.2) is 0 Å². The number of aromatic hydroxyl groups is 1. The van der Waals surface area contributed by atoms with Crippen molar-refractivity contribution in [1.82, 2.24) is 42.5 Å². The van der Waals surface area contributed by atoms with Crippen LogP contribution in [0, 0.1) is 17.2 Å². The number of benzene rings is 1. The number of rotatable bonds is 31. The van der Waals surface area contributed by atoms with Gasteiger partial charge in [-0.1, -0.05) is 32.9 Å². The van der Waals surface area contributed by atoms with Crippen LogP contribution in [0.25, 0.3) is 0 Å². The van der Waals surface area contributed by atoms with Gasteiger partial charge in [0.05, 0.1) is 25.0 Å². The average molecular weight is 951 g/mol. The number of aliphatic carboxylic acids is 1. The van der Waals surface area contributed by atoms with Crippen molar-refractivity contribution in [3.8, 4) is 5.75 Å². The van der Waals surface area contributed by atoms with Gasteiger partial charge in [0.1, 0.15) is 48.0 Å². The topological polar surface area (TPSA) is 433 Å². The lowest BCUT2D eigenvalue weighted by atomic mass is 10.0. The fraction of sp³-hybridized carbons (Fsp3) is 0.619. The number of phenols is 1. The number of nitrogens with two attached hydrogens (primary N) is 3. The van der Waals surface area contributed by atoms with E-state index < -0.39 is 121 Å². The van der Waals surface area contributed by atoms with Crippen molar-refractivity contribution >= 4 is 59.2 Å². The number of amides is 8. The Balaban J connectivity index is 3.54. The molecule has 25 nitrogen and oxygen atoms in total. The van der Waals surface area contributed by atoms with Crippen LogP contribution in [0.2, 0.25) is 0 Å². The molecule has 0 saturated carbocycles. The fourth-order valence-corrected chi connectivity index (χ4v) is 6.28. The number of phenolic OH excluding ortho intramolecular Hbond substituents is 1. The minimum atomic E-state index is -1.90. The molecule has 9 atom stereocenters. The lowest BCUT2D eigenvalue weighted by molar-refractivity contribution is -0.142. The van der Waals surface area contributed by atoms with Crippen LogP contribution in [0.5, 0.6) is 5.75 Å². The number of hydrogen-bond donors (Lipinski definition) is 16. The van der Waals surface area contributed by atoms with Crippen molar-refractivity contribution in [2.45, 2.75) is 134 Å². The van der Waals surface area contributed by atoms with E-state index in [1.54, 1.807) is 0 Å². The number of carbonyl (C=O) groups is 9. The van der Waals surface area contributed by atoms with Gasteiger partial charge in [0.15, 0.2) is 5.96 Å². The van der Waals surface area contributed by atoms with Crippen LogP contribution in [0.1, 0.15) is 85.1 Å². The number of carboxylic acid groups (broad SMARTS) is 1. The van der Waals surface area contributed by atoms with Crippen molar-refractivity contribution in [2.75, 3.05) is 19.7 Å². The molecule has 0 heterocycles. The van der Waals surface area contributed by atoms with Crippen LogP contribution in [0.15, 0.2) is 24.3 Å². The van der Waals surface area contributed by atoms with Crippen molar-refractivity contribution in [3.63, 3.8) is 0 Å². The number of hydrogen-bond acceptors (Lipinski definition) is 14. The smallest absolute Gasteiger partial charge is 0.305 e. The van der Waals surface area contributed by atoms with E-state index in [-0.39, 0.29) is 69.2 Å². The summed E-state index contributed by atoms with van der Waals surface area (Å²) in [7, 11) is 0. The zero-order valence-corrected chi connectivity index (χ0v) is 38.6. The highest BCUT2D eigenvalue weighted by Crippen LogP contribution is 2.14. The first-order valence-electron chi connectivity index (χ1n) is 21.9. The van der Waals surface area contributed by atoms with E-state index in [2.05, 4.69) is 42.5 Å². The van der Waals surface area contributed by atoms with Crippen molar-refractivity contribution in [1.29, 1.82) is 5.41 Å². The van der Waals surface area contributed by atoms with Crippen LogP contribution in [-0.2, 0) is 49.6 Å². The fourth-order valence-electron chi connectivity index (χ4n) is 6.28. The third-order valence-electron chi connectivity index (χ3n) is 10.1. The first-order valence-corrected chi connectivity index (χ1v) is 21.9. The minimum absolute atomic E-state index is 0.0432. The summed E-state index contributed by atoms with van der Waals surface area (Å²) < 4.78 is 0. The highest BCUT2D eigenvalue weighted by molar-refractivity contribution is 5.98. The number of aliphatic hydroxyl groups excluding tert-OH is 2. The molecule has 0 bridgehead atoms. The number of nitrogens with one attached hydrogen (secondary N) is 9. The van der Waals surface area contributed by atoms with E-state index in [0.29, 0.717) is 12.0 Å². The standard InChI is InChI=1S/C42H70N12O13/c1-21(2)17-29(34(44)60)51-37(63)28(10-8-16-47-42(45)46)50-39(65)30(18-25-11-13-26(57)14-12-25)52-38(64)27(9-6-7-15-43)49-40(66)31(19-32(58)59)53-41(67)33(24(5)56)54-36(62)23(4)48-35(61)22(3)20-55/h11-14,21-24,27-31,33,55-57H,6-10,15-20,43H2,1-5H3,(H2,44,60)(H,48,61)(H,49,66)(H,50,65)(H,51,63)(H,52,64)(H,53,67)(H,54,62)(H,58,59)(H4,45,46,47)/t22-,23-,24+,27-,28-,29-,30-,31-,33-/m0/s1. The molecule has 0 unspecified atom stereocenters. The molecule has 0 spiro atoms. The quantitative estimate of drug-likeness (QED) is 0.0190. The predicted molar refractivity (Wildman–Crippen MR) is 242 cm³/mol. The maximum atomic E-state index is 14.2. The molecule has 376 valence electrons. The summed E-state index contributed by atoms with van der Waals surface area (Å²) in [4.78, 5) is 119. The van der Waals surface area contributed by atoms with Gasteiger partial charge in [0.25, 0.3) is 0 Å². The van der Waals surface area contributed by atoms with E-state index in [9.17, 15) is 63.6 Å². The molecule has 0 saturated heterocycles. The molecule has 67 heavy (non-hydrogen) atoms. The van der Waals surface area contributed by atoms with Crippen LogP contribution in [0.4, 0.5) is 0 Å². The number of unbranched alkanes of at least 4 members (excludes halogenated alkanes) is 1. The second-order valence-electron chi connectivity index (χ2n) is 16.6. The molecular weight excluding hydrogens is 881 g/mol. The maximum absolute atomic E-state index is 14.2. The van der Waals surface area contributed by atoms with Gasteiger partial charge in [-0.2, -0.15) is 0 Å². The Morgan fingerprint density at radius 2 is 1.15 bits per heavy atom. The monoisotopic (exact) mass is 951 g/mol.